The van der Waals surface area contributed by atoms with Crippen molar-refractivity contribution < 1.29 is 4.79 Å². The molecule has 0 fully saturated rings. The number of thioether (sulfide) groups is 1. The molecular formula is C15H15NOS. The Balaban J connectivity index is 1.72. The van der Waals surface area contributed by atoms with Crippen molar-refractivity contribution in [3.8, 4) is 0 Å². The average molecular weight is 257 g/mol. The second-order valence-electron chi connectivity index (χ2n) is 3.91. The van der Waals surface area contributed by atoms with Gasteiger partial charge in [-0.3, -0.25) is 4.79 Å². The van der Waals surface area contributed by atoms with Gasteiger partial charge in [0.25, 0.3) is 0 Å². The normalized spacial score (nSPS) is 10.2. The van der Waals surface area contributed by atoms with Crippen LogP contribution in [0.25, 0.3) is 0 Å². The number of rotatable bonds is 6. The van der Waals surface area contributed by atoms with Crippen LogP contribution in [0.2, 0.25) is 0 Å². The zero-order valence-corrected chi connectivity index (χ0v) is 10.9. The molecule has 3 heteroatoms. The van der Waals surface area contributed by atoms with Crippen LogP contribution in [0.4, 0.5) is 0 Å². The zero-order valence-electron chi connectivity index (χ0n) is 10.1. The first-order valence-corrected chi connectivity index (χ1v) is 6.97. The minimum Gasteiger partial charge on any atom is -0.294 e. The van der Waals surface area contributed by atoms with Crippen LogP contribution >= 0.6 is 11.8 Å². The lowest BCUT2D eigenvalue weighted by Crippen LogP contribution is -1.99. The maximum absolute atomic E-state index is 11.8. The summed E-state index contributed by atoms with van der Waals surface area (Å²) in [6.45, 7) is 0. The number of nitrogens with zero attached hydrogens (tertiary/aromatic N) is 1. The number of Topliss-reactive ketones (excluding diaryl/α,β-unsaturated/α-hetero) is 1. The summed E-state index contributed by atoms with van der Waals surface area (Å²) in [5.74, 6) is 1.15. The quantitative estimate of drug-likeness (QED) is 0.447. The van der Waals surface area contributed by atoms with E-state index in [1.807, 2.05) is 48.5 Å². The summed E-state index contributed by atoms with van der Waals surface area (Å²) >= 11 is 1.69. The Bertz CT molecular complexity index is 484. The summed E-state index contributed by atoms with van der Waals surface area (Å²) in [5, 5.41) is 1.02. The van der Waals surface area contributed by atoms with Gasteiger partial charge >= 0.3 is 0 Å². The smallest absolute Gasteiger partial charge is 0.162 e. The molecule has 0 spiro atoms. The molecule has 18 heavy (non-hydrogen) atoms. The van der Waals surface area contributed by atoms with E-state index in [0.717, 1.165) is 22.8 Å². The molecule has 1 aromatic carbocycles. The van der Waals surface area contributed by atoms with Crippen LogP contribution in [-0.2, 0) is 0 Å². The predicted molar refractivity (Wildman–Crippen MR) is 75.0 cm³/mol. The van der Waals surface area contributed by atoms with Crippen molar-refractivity contribution in [3.63, 3.8) is 0 Å². The summed E-state index contributed by atoms with van der Waals surface area (Å²) in [4.78, 5) is 16.1. The Morgan fingerprint density at radius 1 is 1.06 bits per heavy atom. The standard InChI is InChI=1S/C15H15NOS/c17-14(13-7-2-1-3-8-13)9-6-12-18-15-10-4-5-11-16-15/h1-5,7-8,10-11H,6,9,12H2. The maximum Gasteiger partial charge on any atom is 0.162 e. The number of hydrogen-bond donors (Lipinski definition) is 0. The molecule has 0 aliphatic rings. The van der Waals surface area contributed by atoms with Crippen LogP contribution in [0.5, 0.6) is 0 Å². The van der Waals surface area contributed by atoms with Gasteiger partial charge in [-0.25, -0.2) is 4.98 Å². The zero-order chi connectivity index (χ0) is 12.6. The minimum absolute atomic E-state index is 0.220. The molecule has 1 heterocycles. The topological polar surface area (TPSA) is 30.0 Å². The molecule has 0 saturated heterocycles. The van der Waals surface area contributed by atoms with Gasteiger partial charge in [-0.1, -0.05) is 36.4 Å². The van der Waals surface area contributed by atoms with Crippen LogP contribution in [0.3, 0.4) is 0 Å². The van der Waals surface area contributed by atoms with E-state index in [9.17, 15) is 4.79 Å². The van der Waals surface area contributed by atoms with Gasteiger partial charge in [-0.05, 0) is 24.3 Å². The molecule has 0 N–H and O–H groups in total. The number of pyridine rings is 1. The van der Waals surface area contributed by atoms with Crippen molar-refractivity contribution >= 4 is 17.5 Å². The van der Waals surface area contributed by atoms with E-state index in [2.05, 4.69) is 4.98 Å². The molecule has 0 bridgehead atoms. The van der Waals surface area contributed by atoms with E-state index in [4.69, 9.17) is 0 Å². The maximum atomic E-state index is 11.8. The van der Waals surface area contributed by atoms with Gasteiger partial charge in [0.15, 0.2) is 5.78 Å². The number of aromatic nitrogens is 1. The summed E-state index contributed by atoms with van der Waals surface area (Å²) in [6, 6.07) is 15.3. The molecule has 0 atom stereocenters. The number of benzene rings is 1. The molecule has 2 aromatic rings. The summed E-state index contributed by atoms with van der Waals surface area (Å²) in [6.07, 6.45) is 3.27. The molecule has 0 radical (unpaired) electrons. The van der Waals surface area contributed by atoms with Crippen molar-refractivity contribution in [2.24, 2.45) is 0 Å². The van der Waals surface area contributed by atoms with Gasteiger partial charge < -0.3 is 0 Å². The Labute approximate surface area is 111 Å². The molecule has 0 amide bonds. The van der Waals surface area contributed by atoms with Gasteiger partial charge in [-0.2, -0.15) is 0 Å². The lowest BCUT2D eigenvalue weighted by Gasteiger charge is -2.01. The SMILES string of the molecule is O=C(CCCSc1ccccn1)c1ccccc1. The first kappa shape index (κ1) is 12.8. The van der Waals surface area contributed by atoms with Crippen LogP contribution in [0.1, 0.15) is 23.2 Å². The van der Waals surface area contributed by atoms with Gasteiger partial charge in [0.05, 0.1) is 5.03 Å². The first-order chi connectivity index (χ1) is 8.86. The third kappa shape index (κ3) is 4.00. The number of carbonyl (C=O) groups is 1. The van der Waals surface area contributed by atoms with Crippen molar-refractivity contribution in [2.45, 2.75) is 17.9 Å². The summed E-state index contributed by atoms with van der Waals surface area (Å²) in [7, 11) is 0. The second kappa shape index (κ2) is 6.97. The summed E-state index contributed by atoms with van der Waals surface area (Å²) in [5.41, 5.74) is 0.806. The molecule has 2 rings (SSSR count). The van der Waals surface area contributed by atoms with Crippen LogP contribution in [-0.4, -0.2) is 16.5 Å². The first-order valence-electron chi connectivity index (χ1n) is 5.98. The van der Waals surface area contributed by atoms with E-state index in [0.29, 0.717) is 6.42 Å². The van der Waals surface area contributed by atoms with E-state index < -0.39 is 0 Å². The molecule has 92 valence electrons. The fourth-order valence-corrected chi connectivity index (χ4v) is 2.42. The highest BCUT2D eigenvalue weighted by atomic mass is 32.2. The van der Waals surface area contributed by atoms with Gasteiger partial charge in [0.2, 0.25) is 0 Å². The molecule has 2 nitrogen and oxygen atoms in total. The van der Waals surface area contributed by atoms with Crippen LogP contribution in [0.15, 0.2) is 59.8 Å². The highest BCUT2D eigenvalue weighted by Gasteiger charge is 2.04. The second-order valence-corrected chi connectivity index (χ2v) is 5.02. The fraction of sp³-hybridized carbons (Fsp3) is 0.200. The molecular weight excluding hydrogens is 242 g/mol. The number of ketones is 1. The Morgan fingerprint density at radius 2 is 1.83 bits per heavy atom. The number of carbonyl (C=O) groups excluding carboxylic acids is 1. The third-order valence-corrected chi connectivity index (χ3v) is 3.56. The van der Waals surface area contributed by atoms with E-state index in [1.165, 1.54) is 0 Å². The van der Waals surface area contributed by atoms with E-state index in [-0.39, 0.29) is 5.78 Å². The molecule has 0 aliphatic carbocycles. The van der Waals surface area contributed by atoms with E-state index in [1.54, 1.807) is 18.0 Å². The molecule has 0 aliphatic heterocycles. The van der Waals surface area contributed by atoms with Crippen LogP contribution in [0, 0.1) is 0 Å². The van der Waals surface area contributed by atoms with Crippen molar-refractivity contribution in [3.05, 3.63) is 60.3 Å². The summed E-state index contributed by atoms with van der Waals surface area (Å²) < 4.78 is 0. The third-order valence-electron chi connectivity index (χ3n) is 2.53. The predicted octanol–water partition coefficient (Wildman–Crippen LogP) is 3.84. The monoisotopic (exact) mass is 257 g/mol. The van der Waals surface area contributed by atoms with Gasteiger partial charge in [0, 0.05) is 18.2 Å². The minimum atomic E-state index is 0.220. The highest BCUT2D eigenvalue weighted by Crippen LogP contribution is 2.16. The number of hydrogen-bond acceptors (Lipinski definition) is 3. The van der Waals surface area contributed by atoms with Crippen molar-refractivity contribution in [1.82, 2.24) is 4.98 Å². The van der Waals surface area contributed by atoms with Crippen molar-refractivity contribution in [2.75, 3.05) is 5.75 Å². The van der Waals surface area contributed by atoms with Gasteiger partial charge in [0.1, 0.15) is 0 Å². The molecule has 0 saturated carbocycles. The van der Waals surface area contributed by atoms with Gasteiger partial charge in [-0.15, -0.1) is 11.8 Å². The van der Waals surface area contributed by atoms with Crippen molar-refractivity contribution in [1.29, 1.82) is 0 Å². The Hall–Kier alpha value is -1.61. The molecule has 0 unspecified atom stereocenters. The van der Waals surface area contributed by atoms with E-state index >= 15 is 0 Å². The lowest BCUT2D eigenvalue weighted by molar-refractivity contribution is 0.0982. The Morgan fingerprint density at radius 3 is 2.56 bits per heavy atom. The largest absolute Gasteiger partial charge is 0.294 e. The Kier molecular flexibility index (Phi) is 4.97. The molecule has 1 aromatic heterocycles. The van der Waals surface area contributed by atoms with Crippen LogP contribution < -0.4 is 0 Å². The highest BCUT2D eigenvalue weighted by molar-refractivity contribution is 7.99. The average Bonchev–Trinajstić information content (AvgIpc) is 2.45. The fourth-order valence-electron chi connectivity index (χ4n) is 1.61. The lowest BCUT2D eigenvalue weighted by atomic mass is 10.1.